The molecule has 3 N–H and O–H groups in total. The van der Waals surface area contributed by atoms with E-state index in [0.29, 0.717) is 28.0 Å². The van der Waals surface area contributed by atoms with E-state index in [1.54, 1.807) is 25.3 Å². The highest BCUT2D eigenvalue weighted by molar-refractivity contribution is 7.99. The molecule has 0 spiro atoms. The number of hydrogen-bond donors (Lipinski definition) is 2. The summed E-state index contributed by atoms with van der Waals surface area (Å²) >= 11 is 1.04. The summed E-state index contributed by atoms with van der Waals surface area (Å²) in [5.74, 6) is 4.98. The molecule has 0 unspecified atom stereocenters. The lowest BCUT2D eigenvalue weighted by atomic mass is 10.2. The number of rotatable bonds is 7. The topological polar surface area (TPSA) is 104 Å². The molecule has 8 nitrogen and oxygen atoms in total. The Bertz CT molecular complexity index is 1040. The SMILES string of the molecule is COc1ccc(-c2nnc(SCC(=O)Nc3ccc(F)c(F)c3)n2N)c(OC)c1. The number of hydrogen-bond acceptors (Lipinski definition) is 7. The number of benzene rings is 2. The van der Waals surface area contributed by atoms with E-state index < -0.39 is 17.5 Å². The first-order valence-electron chi connectivity index (χ1n) is 8.23. The van der Waals surface area contributed by atoms with Gasteiger partial charge in [-0.3, -0.25) is 4.79 Å². The summed E-state index contributed by atoms with van der Waals surface area (Å²) in [5, 5.41) is 10.8. The Balaban J connectivity index is 1.70. The largest absolute Gasteiger partial charge is 0.497 e. The third-order valence-corrected chi connectivity index (χ3v) is 4.79. The van der Waals surface area contributed by atoms with Gasteiger partial charge in [0, 0.05) is 17.8 Å². The number of ether oxygens (including phenoxy) is 2. The number of amides is 1. The van der Waals surface area contributed by atoms with E-state index >= 15 is 0 Å². The fourth-order valence-electron chi connectivity index (χ4n) is 2.44. The van der Waals surface area contributed by atoms with Crippen molar-refractivity contribution in [2.75, 3.05) is 31.1 Å². The normalized spacial score (nSPS) is 10.6. The smallest absolute Gasteiger partial charge is 0.234 e. The van der Waals surface area contributed by atoms with Crippen LogP contribution in [-0.2, 0) is 4.79 Å². The van der Waals surface area contributed by atoms with E-state index in [9.17, 15) is 13.6 Å². The van der Waals surface area contributed by atoms with Crippen LogP contribution in [0.2, 0.25) is 0 Å². The zero-order valence-electron chi connectivity index (χ0n) is 15.5. The Morgan fingerprint density at radius 2 is 1.93 bits per heavy atom. The molecule has 0 saturated heterocycles. The minimum Gasteiger partial charge on any atom is -0.497 e. The van der Waals surface area contributed by atoms with Crippen molar-refractivity contribution in [1.82, 2.24) is 14.9 Å². The third kappa shape index (κ3) is 4.57. The van der Waals surface area contributed by atoms with Gasteiger partial charge in [-0.05, 0) is 24.3 Å². The molecular weight excluding hydrogens is 404 g/mol. The van der Waals surface area contributed by atoms with Crippen molar-refractivity contribution < 1.29 is 23.0 Å². The molecule has 1 aromatic heterocycles. The van der Waals surface area contributed by atoms with Gasteiger partial charge >= 0.3 is 0 Å². The average Bonchev–Trinajstić information content (AvgIpc) is 3.08. The summed E-state index contributed by atoms with van der Waals surface area (Å²) in [4.78, 5) is 12.1. The Labute approximate surface area is 169 Å². The van der Waals surface area contributed by atoms with Crippen molar-refractivity contribution >= 4 is 23.4 Å². The van der Waals surface area contributed by atoms with Crippen LogP contribution in [-0.4, -0.2) is 40.8 Å². The Hall–Kier alpha value is -3.34. The second kappa shape index (κ2) is 8.78. The van der Waals surface area contributed by atoms with E-state index in [-0.39, 0.29) is 11.4 Å². The molecule has 3 rings (SSSR count). The maximum absolute atomic E-state index is 13.2. The average molecular weight is 421 g/mol. The van der Waals surface area contributed by atoms with Crippen molar-refractivity contribution in [3.8, 4) is 22.9 Å². The van der Waals surface area contributed by atoms with Crippen LogP contribution >= 0.6 is 11.8 Å². The number of nitrogen functional groups attached to an aromatic ring is 1. The van der Waals surface area contributed by atoms with Crippen molar-refractivity contribution in [1.29, 1.82) is 0 Å². The molecule has 29 heavy (non-hydrogen) atoms. The van der Waals surface area contributed by atoms with Gasteiger partial charge in [0.05, 0.1) is 25.5 Å². The second-order valence-electron chi connectivity index (χ2n) is 5.71. The summed E-state index contributed by atoms with van der Waals surface area (Å²) in [6, 6.07) is 8.25. The van der Waals surface area contributed by atoms with Crippen molar-refractivity contribution in [3.63, 3.8) is 0 Å². The number of thioether (sulfide) groups is 1. The Morgan fingerprint density at radius 3 is 2.62 bits per heavy atom. The first-order chi connectivity index (χ1) is 13.9. The predicted octanol–water partition coefficient (Wildman–Crippen LogP) is 2.69. The van der Waals surface area contributed by atoms with Gasteiger partial charge in [-0.15, -0.1) is 10.2 Å². The number of methoxy groups -OCH3 is 2. The number of nitrogens with zero attached hydrogens (tertiary/aromatic N) is 3. The molecule has 0 aliphatic rings. The molecule has 0 bridgehead atoms. The van der Waals surface area contributed by atoms with Gasteiger partial charge in [0.2, 0.25) is 11.1 Å². The number of carbonyl (C=O) groups excluding carboxylic acids is 1. The van der Waals surface area contributed by atoms with Crippen LogP contribution in [0.15, 0.2) is 41.6 Å². The summed E-state index contributed by atoms with van der Waals surface area (Å²) in [5.41, 5.74) is 0.744. The zero-order valence-corrected chi connectivity index (χ0v) is 16.3. The van der Waals surface area contributed by atoms with E-state index in [0.717, 1.165) is 23.9 Å². The molecule has 2 aromatic carbocycles. The van der Waals surface area contributed by atoms with E-state index in [1.165, 1.54) is 17.9 Å². The van der Waals surface area contributed by atoms with E-state index in [4.69, 9.17) is 15.3 Å². The van der Waals surface area contributed by atoms with Crippen LogP contribution in [0.1, 0.15) is 0 Å². The molecular formula is C18H17F2N5O3S. The zero-order chi connectivity index (χ0) is 21.0. The van der Waals surface area contributed by atoms with Gasteiger partial charge < -0.3 is 20.6 Å². The summed E-state index contributed by atoms with van der Waals surface area (Å²) in [6.45, 7) is 0. The quantitative estimate of drug-likeness (QED) is 0.446. The van der Waals surface area contributed by atoms with Crippen molar-refractivity contribution in [2.24, 2.45) is 0 Å². The summed E-state index contributed by atoms with van der Waals surface area (Å²) in [6.07, 6.45) is 0. The fraction of sp³-hybridized carbons (Fsp3) is 0.167. The molecule has 1 amide bonds. The minimum absolute atomic E-state index is 0.0614. The first kappa shape index (κ1) is 20.4. The molecule has 3 aromatic rings. The standard InChI is InChI=1S/C18H17F2N5O3S/c1-27-11-4-5-12(15(8-11)28-2)17-23-24-18(25(17)21)29-9-16(26)22-10-3-6-13(19)14(20)7-10/h3-8H,9,21H2,1-2H3,(H,22,26). The third-order valence-electron chi connectivity index (χ3n) is 3.85. The Morgan fingerprint density at radius 1 is 1.14 bits per heavy atom. The lowest BCUT2D eigenvalue weighted by molar-refractivity contribution is -0.113. The summed E-state index contributed by atoms with van der Waals surface area (Å²) < 4.78 is 37.9. The van der Waals surface area contributed by atoms with Crippen LogP contribution in [0.3, 0.4) is 0 Å². The summed E-state index contributed by atoms with van der Waals surface area (Å²) in [7, 11) is 3.05. The molecule has 1 heterocycles. The van der Waals surface area contributed by atoms with Crippen LogP contribution in [0.4, 0.5) is 14.5 Å². The maximum atomic E-state index is 13.2. The van der Waals surface area contributed by atoms with E-state index in [1.807, 2.05) is 0 Å². The molecule has 0 aliphatic heterocycles. The molecule has 0 aliphatic carbocycles. The van der Waals surface area contributed by atoms with Gasteiger partial charge in [0.1, 0.15) is 11.5 Å². The number of carbonyl (C=O) groups is 1. The number of halogens is 2. The van der Waals surface area contributed by atoms with Crippen LogP contribution in [0, 0.1) is 11.6 Å². The van der Waals surface area contributed by atoms with Crippen molar-refractivity contribution in [2.45, 2.75) is 5.16 Å². The number of anilines is 1. The number of nitrogens with two attached hydrogens (primary N) is 1. The lowest BCUT2D eigenvalue weighted by Crippen LogP contribution is -2.16. The Kier molecular flexibility index (Phi) is 6.17. The molecule has 0 radical (unpaired) electrons. The van der Waals surface area contributed by atoms with Gasteiger partial charge in [-0.25, -0.2) is 13.5 Å². The molecule has 0 saturated carbocycles. The highest BCUT2D eigenvalue weighted by atomic mass is 32.2. The second-order valence-corrected chi connectivity index (χ2v) is 6.65. The van der Waals surface area contributed by atoms with Crippen LogP contribution < -0.4 is 20.6 Å². The van der Waals surface area contributed by atoms with Crippen molar-refractivity contribution in [3.05, 3.63) is 48.0 Å². The molecule has 11 heteroatoms. The van der Waals surface area contributed by atoms with Gasteiger partial charge in [-0.1, -0.05) is 11.8 Å². The monoisotopic (exact) mass is 421 g/mol. The number of aromatic nitrogens is 3. The first-order valence-corrected chi connectivity index (χ1v) is 9.22. The predicted molar refractivity (Wildman–Crippen MR) is 104 cm³/mol. The van der Waals surface area contributed by atoms with Gasteiger partial charge in [-0.2, -0.15) is 0 Å². The van der Waals surface area contributed by atoms with Crippen LogP contribution in [0.5, 0.6) is 11.5 Å². The number of nitrogens with one attached hydrogen (secondary N) is 1. The van der Waals surface area contributed by atoms with Crippen LogP contribution in [0.25, 0.3) is 11.4 Å². The minimum atomic E-state index is -1.05. The lowest BCUT2D eigenvalue weighted by Gasteiger charge is -2.10. The maximum Gasteiger partial charge on any atom is 0.234 e. The van der Waals surface area contributed by atoms with Gasteiger partial charge in [0.25, 0.3) is 0 Å². The van der Waals surface area contributed by atoms with Gasteiger partial charge in [0.15, 0.2) is 17.5 Å². The highest BCUT2D eigenvalue weighted by Gasteiger charge is 2.18. The fourth-order valence-corrected chi connectivity index (χ4v) is 3.10. The van der Waals surface area contributed by atoms with E-state index in [2.05, 4.69) is 15.5 Å². The molecule has 152 valence electrons. The molecule has 0 atom stereocenters. The highest BCUT2D eigenvalue weighted by Crippen LogP contribution is 2.32. The molecule has 0 fully saturated rings.